The molecule has 7 rings (SSSR count). The van der Waals surface area contributed by atoms with Crippen molar-refractivity contribution in [3.63, 3.8) is 0 Å². The van der Waals surface area contributed by atoms with Gasteiger partial charge in [-0.1, -0.05) is 43.2 Å². The fourth-order valence-electron chi connectivity index (χ4n) is 8.97. The van der Waals surface area contributed by atoms with Crippen LogP contribution in [0.5, 0.6) is 11.5 Å². The van der Waals surface area contributed by atoms with Gasteiger partial charge in [-0.05, 0) is 112 Å². The molecular formula is C42H54N4O5. The summed E-state index contributed by atoms with van der Waals surface area (Å²) in [4.78, 5) is 47.3. The number of aryl methyl sites for hydroxylation is 1. The van der Waals surface area contributed by atoms with Gasteiger partial charge in [-0.2, -0.15) is 0 Å². The second-order valence-electron chi connectivity index (χ2n) is 15.3. The van der Waals surface area contributed by atoms with E-state index < -0.39 is 0 Å². The number of nitrogens with two attached hydrogens (primary N) is 1. The molecule has 2 amide bonds. The lowest BCUT2D eigenvalue weighted by Crippen LogP contribution is -2.42. The maximum absolute atomic E-state index is 13.4. The fourth-order valence-corrected chi connectivity index (χ4v) is 8.97. The number of ether oxygens (including phenoxy) is 2. The van der Waals surface area contributed by atoms with Crippen molar-refractivity contribution >= 4 is 17.6 Å². The van der Waals surface area contributed by atoms with Crippen LogP contribution in [0.2, 0.25) is 0 Å². The molecule has 2 aliphatic carbocycles. The van der Waals surface area contributed by atoms with Crippen molar-refractivity contribution in [1.82, 2.24) is 14.8 Å². The number of ketones is 1. The summed E-state index contributed by atoms with van der Waals surface area (Å²) in [6.45, 7) is 4.89. The zero-order chi connectivity index (χ0) is 36.0. The minimum absolute atomic E-state index is 0.0984. The molecule has 3 heterocycles. The molecular weight excluding hydrogens is 640 g/mol. The van der Waals surface area contributed by atoms with Crippen molar-refractivity contribution < 1.29 is 23.9 Å². The van der Waals surface area contributed by atoms with E-state index in [1.165, 1.54) is 0 Å². The Morgan fingerprint density at radius 3 is 1.80 bits per heavy atom. The van der Waals surface area contributed by atoms with Gasteiger partial charge in [0.15, 0.2) is 5.78 Å². The van der Waals surface area contributed by atoms with E-state index in [1.54, 1.807) is 20.3 Å². The molecule has 9 nitrogen and oxygen atoms in total. The number of pyridine rings is 1. The Balaban J connectivity index is 0.000000187. The Hall–Kier alpha value is -4.24. The molecule has 2 saturated carbocycles. The fraction of sp³-hybridized carbons (Fsp3) is 0.524. The number of carbonyl (C=O) groups excluding carboxylic acids is 3. The Morgan fingerprint density at radius 2 is 1.29 bits per heavy atom. The summed E-state index contributed by atoms with van der Waals surface area (Å²) in [5.41, 5.74) is 9.34. The van der Waals surface area contributed by atoms with E-state index in [0.29, 0.717) is 31.1 Å². The molecule has 3 aromatic rings. The van der Waals surface area contributed by atoms with Crippen LogP contribution in [0.4, 0.5) is 0 Å². The first-order valence-electron chi connectivity index (χ1n) is 18.7. The standard InChI is InChI=1S/C25H30N2O3.C17H24N2O2/c1-18-5-3-7-22(26-18)23(28)15-20-6-4-12-25(16-20)13-14-27(24(25)29)17-19-8-10-21(30-2)11-9-19;1-21-15-6-4-13(5-7-15)12-19-10-9-17(16(19)20)8-2-3-14(18)11-17/h3,5,7-11,20H,4,6,12-17H2,1-2H3;4-7,14H,2-3,8-12,18H2,1H3/t20-,25+;14-,17-/m10/s1. The van der Waals surface area contributed by atoms with Crippen molar-refractivity contribution in [3.05, 3.63) is 89.2 Å². The summed E-state index contributed by atoms with van der Waals surface area (Å²) >= 11 is 0. The summed E-state index contributed by atoms with van der Waals surface area (Å²) in [7, 11) is 3.32. The smallest absolute Gasteiger partial charge is 0.229 e. The molecule has 2 aliphatic heterocycles. The van der Waals surface area contributed by atoms with Gasteiger partial charge < -0.3 is 25.0 Å². The zero-order valence-corrected chi connectivity index (χ0v) is 30.6. The van der Waals surface area contributed by atoms with Crippen LogP contribution in [0.25, 0.3) is 0 Å². The van der Waals surface area contributed by atoms with Gasteiger partial charge in [0, 0.05) is 44.3 Å². The molecule has 4 fully saturated rings. The third kappa shape index (κ3) is 8.46. The van der Waals surface area contributed by atoms with Gasteiger partial charge in [0.1, 0.15) is 17.2 Å². The van der Waals surface area contributed by atoms with Gasteiger partial charge in [-0.3, -0.25) is 19.4 Å². The molecule has 4 aliphatic rings. The molecule has 2 spiro atoms. The molecule has 2 N–H and O–H groups in total. The van der Waals surface area contributed by atoms with Crippen molar-refractivity contribution in [2.75, 3.05) is 27.3 Å². The monoisotopic (exact) mass is 694 g/mol. The van der Waals surface area contributed by atoms with Crippen LogP contribution in [0, 0.1) is 23.7 Å². The molecule has 9 heteroatoms. The predicted molar refractivity (Wildman–Crippen MR) is 197 cm³/mol. The van der Waals surface area contributed by atoms with E-state index in [-0.39, 0.29) is 34.5 Å². The Labute approximate surface area is 302 Å². The maximum atomic E-state index is 13.4. The minimum atomic E-state index is -0.282. The van der Waals surface area contributed by atoms with Crippen molar-refractivity contribution in [2.45, 2.75) is 96.7 Å². The number of nitrogens with zero attached hydrogens (tertiary/aromatic N) is 3. The average Bonchev–Trinajstić information content (AvgIpc) is 3.59. The third-order valence-electron chi connectivity index (χ3n) is 11.7. The molecule has 2 saturated heterocycles. The van der Waals surface area contributed by atoms with Gasteiger partial charge in [0.25, 0.3) is 0 Å². The van der Waals surface area contributed by atoms with E-state index in [0.717, 1.165) is 106 Å². The SMILES string of the molecule is COc1ccc(CN2CC[C@]3(CCC[C@H](CC(=O)c4cccc(C)n4)C3)C2=O)cc1.COc1ccc(CN2CC[C@]3(CCC[C@H](N)C3)C2=O)cc1. The second-order valence-corrected chi connectivity index (χ2v) is 15.3. The lowest BCUT2D eigenvalue weighted by Gasteiger charge is -2.36. The highest BCUT2D eigenvalue weighted by molar-refractivity contribution is 5.94. The number of hydrogen-bond acceptors (Lipinski definition) is 7. The zero-order valence-electron chi connectivity index (χ0n) is 30.6. The number of benzene rings is 2. The Morgan fingerprint density at radius 1 is 0.765 bits per heavy atom. The number of carbonyl (C=O) groups is 3. The molecule has 2 aromatic carbocycles. The molecule has 0 bridgehead atoms. The highest BCUT2D eigenvalue weighted by atomic mass is 16.5. The quantitative estimate of drug-likeness (QED) is 0.243. The van der Waals surface area contributed by atoms with Crippen molar-refractivity contribution in [1.29, 1.82) is 0 Å². The van der Waals surface area contributed by atoms with Crippen LogP contribution >= 0.6 is 0 Å². The van der Waals surface area contributed by atoms with Crippen LogP contribution in [-0.4, -0.2) is 65.7 Å². The van der Waals surface area contributed by atoms with Crippen molar-refractivity contribution in [2.24, 2.45) is 22.5 Å². The number of likely N-dealkylation sites (tertiary alicyclic amines) is 2. The third-order valence-corrected chi connectivity index (χ3v) is 11.7. The molecule has 272 valence electrons. The lowest BCUT2D eigenvalue weighted by atomic mass is 9.67. The van der Waals surface area contributed by atoms with E-state index >= 15 is 0 Å². The Bertz CT molecular complexity index is 1680. The number of Topliss-reactive ketones (excluding diaryl/α,β-unsaturated/α-hetero) is 1. The highest BCUT2D eigenvalue weighted by Crippen LogP contribution is 2.48. The van der Waals surface area contributed by atoms with E-state index in [4.69, 9.17) is 15.2 Å². The minimum Gasteiger partial charge on any atom is -0.497 e. The summed E-state index contributed by atoms with van der Waals surface area (Å²) in [5, 5.41) is 0. The molecule has 4 atom stereocenters. The number of hydrogen-bond donors (Lipinski definition) is 1. The highest BCUT2D eigenvalue weighted by Gasteiger charge is 2.50. The summed E-state index contributed by atoms with van der Waals surface area (Å²) in [5.74, 6) is 2.62. The van der Waals surface area contributed by atoms with Crippen LogP contribution in [-0.2, 0) is 22.7 Å². The van der Waals surface area contributed by atoms with Crippen LogP contribution < -0.4 is 15.2 Å². The second kappa shape index (κ2) is 16.0. The summed E-state index contributed by atoms with van der Waals surface area (Å²) in [6, 6.07) is 21.7. The van der Waals surface area contributed by atoms with Crippen LogP contribution in [0.3, 0.4) is 0 Å². The van der Waals surface area contributed by atoms with Gasteiger partial charge in [0.2, 0.25) is 11.8 Å². The van der Waals surface area contributed by atoms with Gasteiger partial charge in [0.05, 0.1) is 25.0 Å². The first-order valence-corrected chi connectivity index (χ1v) is 18.7. The topological polar surface area (TPSA) is 115 Å². The van der Waals surface area contributed by atoms with Gasteiger partial charge in [-0.15, -0.1) is 0 Å². The van der Waals surface area contributed by atoms with Crippen LogP contribution in [0.1, 0.15) is 97.9 Å². The average molecular weight is 695 g/mol. The summed E-state index contributed by atoms with van der Waals surface area (Å²) in [6.07, 6.45) is 10.2. The first kappa shape index (κ1) is 36.5. The summed E-state index contributed by atoms with van der Waals surface area (Å²) < 4.78 is 10.4. The van der Waals surface area contributed by atoms with Crippen molar-refractivity contribution in [3.8, 4) is 11.5 Å². The largest absolute Gasteiger partial charge is 0.497 e. The number of aromatic nitrogens is 1. The molecule has 0 unspecified atom stereocenters. The maximum Gasteiger partial charge on any atom is 0.229 e. The van der Waals surface area contributed by atoms with Crippen LogP contribution in [0.15, 0.2) is 66.7 Å². The van der Waals surface area contributed by atoms with E-state index in [2.05, 4.69) is 4.98 Å². The van der Waals surface area contributed by atoms with E-state index in [1.807, 2.05) is 77.4 Å². The predicted octanol–water partition coefficient (Wildman–Crippen LogP) is 6.90. The number of amides is 2. The van der Waals surface area contributed by atoms with E-state index in [9.17, 15) is 14.4 Å². The lowest BCUT2D eigenvalue weighted by molar-refractivity contribution is -0.139. The number of methoxy groups -OCH3 is 2. The number of rotatable bonds is 9. The molecule has 1 aromatic heterocycles. The molecule has 51 heavy (non-hydrogen) atoms. The van der Waals surface area contributed by atoms with Gasteiger partial charge in [-0.25, -0.2) is 0 Å². The molecule has 0 radical (unpaired) electrons. The first-order chi connectivity index (χ1) is 24.6. The normalized spacial score (nSPS) is 26.0. The Kier molecular flexibility index (Phi) is 11.4. The van der Waals surface area contributed by atoms with Gasteiger partial charge >= 0.3 is 0 Å².